The van der Waals surface area contributed by atoms with Gasteiger partial charge in [-0.3, -0.25) is 9.59 Å². The molecule has 1 unspecified atom stereocenters. The highest BCUT2D eigenvalue weighted by Gasteiger charge is 2.42. The molecule has 0 aliphatic heterocycles. The van der Waals surface area contributed by atoms with E-state index in [1.54, 1.807) is 13.8 Å². The van der Waals surface area contributed by atoms with Crippen LogP contribution in [0.5, 0.6) is 0 Å². The molecular weight excluding hydrogens is 184 g/mol. The first-order valence-corrected chi connectivity index (χ1v) is 4.29. The minimum atomic E-state index is -1.56. The average molecular weight is 198 g/mol. The van der Waals surface area contributed by atoms with Crippen LogP contribution in [-0.2, 0) is 14.3 Å². The van der Waals surface area contributed by atoms with Crippen molar-refractivity contribution in [1.29, 1.82) is 0 Å². The van der Waals surface area contributed by atoms with Gasteiger partial charge in [-0.15, -0.1) is 11.8 Å². The zero-order valence-electron chi connectivity index (χ0n) is 8.59. The Morgan fingerprint density at radius 2 is 2.07 bits per heavy atom. The van der Waals surface area contributed by atoms with Crippen molar-refractivity contribution in [3.63, 3.8) is 0 Å². The second kappa shape index (κ2) is 5.28. The summed E-state index contributed by atoms with van der Waals surface area (Å²) in [6.07, 6.45) is -0.0301. The fourth-order valence-corrected chi connectivity index (χ4v) is 0.791. The zero-order chi connectivity index (χ0) is 11.2. The maximum Gasteiger partial charge on any atom is 0.324 e. The number of rotatable bonds is 4. The quantitative estimate of drug-likeness (QED) is 0.416. The van der Waals surface area contributed by atoms with Crippen LogP contribution in [0.1, 0.15) is 27.2 Å². The second-order valence-electron chi connectivity index (χ2n) is 2.96. The summed E-state index contributed by atoms with van der Waals surface area (Å²) in [5.41, 5.74) is -1.56. The number of ether oxygens (including phenoxy) is 1. The smallest absolute Gasteiger partial charge is 0.324 e. The molecule has 0 rings (SSSR count). The first-order chi connectivity index (χ1) is 6.49. The molecule has 0 aliphatic carbocycles. The van der Waals surface area contributed by atoms with Gasteiger partial charge in [0.25, 0.3) is 0 Å². The van der Waals surface area contributed by atoms with E-state index in [1.165, 1.54) is 6.92 Å². The Kier molecular flexibility index (Phi) is 4.71. The number of carbonyl (C=O) groups excluding carboxylic acids is 1. The Morgan fingerprint density at radius 3 is 2.43 bits per heavy atom. The van der Waals surface area contributed by atoms with E-state index >= 15 is 0 Å². The Hall–Kier alpha value is -1.50. The van der Waals surface area contributed by atoms with Crippen molar-refractivity contribution in [2.75, 3.05) is 6.61 Å². The standard InChI is InChI=1S/C10H14O4/c1-4-6-7-10(3,8(11)12)9(13)14-5-2/h5,7H2,1-3H3,(H,11,12). The lowest BCUT2D eigenvalue weighted by Crippen LogP contribution is -2.37. The van der Waals surface area contributed by atoms with Gasteiger partial charge < -0.3 is 9.84 Å². The van der Waals surface area contributed by atoms with Crippen molar-refractivity contribution in [3.8, 4) is 11.8 Å². The predicted molar refractivity (Wildman–Crippen MR) is 50.4 cm³/mol. The van der Waals surface area contributed by atoms with E-state index in [4.69, 9.17) is 5.11 Å². The Balaban J connectivity index is 4.76. The Bertz CT molecular complexity index is 284. The van der Waals surface area contributed by atoms with Gasteiger partial charge in [-0.25, -0.2) is 0 Å². The summed E-state index contributed by atoms with van der Waals surface area (Å²) < 4.78 is 4.68. The van der Waals surface area contributed by atoms with Crippen LogP contribution in [0.25, 0.3) is 0 Å². The fraction of sp³-hybridized carbons (Fsp3) is 0.600. The van der Waals surface area contributed by atoms with Crippen LogP contribution in [0, 0.1) is 17.3 Å². The van der Waals surface area contributed by atoms with Crippen LogP contribution in [0.3, 0.4) is 0 Å². The van der Waals surface area contributed by atoms with E-state index in [2.05, 4.69) is 16.6 Å². The van der Waals surface area contributed by atoms with Gasteiger partial charge in [0.05, 0.1) is 6.61 Å². The molecule has 1 N–H and O–H groups in total. The molecule has 0 aromatic carbocycles. The van der Waals surface area contributed by atoms with Gasteiger partial charge in [-0.2, -0.15) is 0 Å². The molecule has 0 amide bonds. The molecule has 14 heavy (non-hydrogen) atoms. The first-order valence-electron chi connectivity index (χ1n) is 4.29. The summed E-state index contributed by atoms with van der Waals surface area (Å²) in [5, 5.41) is 8.89. The molecule has 0 aromatic rings. The third-order valence-electron chi connectivity index (χ3n) is 1.82. The summed E-state index contributed by atoms with van der Waals surface area (Å²) in [6.45, 7) is 4.71. The molecule has 0 saturated carbocycles. The minimum absolute atomic E-state index is 0.0301. The topological polar surface area (TPSA) is 63.6 Å². The van der Waals surface area contributed by atoms with Crippen molar-refractivity contribution in [2.24, 2.45) is 5.41 Å². The molecule has 0 heterocycles. The monoisotopic (exact) mass is 198 g/mol. The van der Waals surface area contributed by atoms with Crippen LogP contribution in [-0.4, -0.2) is 23.7 Å². The molecule has 0 aromatic heterocycles. The van der Waals surface area contributed by atoms with E-state index in [-0.39, 0.29) is 13.0 Å². The summed E-state index contributed by atoms with van der Waals surface area (Å²) in [5.74, 6) is 3.18. The molecule has 4 nitrogen and oxygen atoms in total. The first kappa shape index (κ1) is 12.5. The fourth-order valence-electron chi connectivity index (χ4n) is 0.791. The van der Waals surface area contributed by atoms with Crippen LogP contribution in [0.15, 0.2) is 0 Å². The number of esters is 1. The molecule has 1 atom stereocenters. The van der Waals surface area contributed by atoms with E-state index in [1.807, 2.05) is 0 Å². The summed E-state index contributed by atoms with van der Waals surface area (Å²) in [7, 11) is 0. The summed E-state index contributed by atoms with van der Waals surface area (Å²) in [4.78, 5) is 22.2. The predicted octanol–water partition coefficient (Wildman–Crippen LogP) is 1.05. The van der Waals surface area contributed by atoms with Crippen molar-refractivity contribution in [2.45, 2.75) is 27.2 Å². The number of hydrogen-bond acceptors (Lipinski definition) is 3. The van der Waals surface area contributed by atoms with Gasteiger partial charge in [0.2, 0.25) is 0 Å². The van der Waals surface area contributed by atoms with E-state index in [0.717, 1.165) is 0 Å². The number of carboxylic acid groups (broad SMARTS) is 1. The lowest BCUT2D eigenvalue weighted by Gasteiger charge is -2.19. The minimum Gasteiger partial charge on any atom is -0.480 e. The van der Waals surface area contributed by atoms with E-state index in [0.29, 0.717) is 0 Å². The van der Waals surface area contributed by atoms with Crippen molar-refractivity contribution < 1.29 is 19.4 Å². The Labute approximate surface area is 83.3 Å². The van der Waals surface area contributed by atoms with E-state index in [9.17, 15) is 9.59 Å². The summed E-state index contributed by atoms with van der Waals surface area (Å²) in [6, 6.07) is 0. The van der Waals surface area contributed by atoms with Crippen molar-refractivity contribution in [3.05, 3.63) is 0 Å². The second-order valence-corrected chi connectivity index (χ2v) is 2.96. The van der Waals surface area contributed by atoms with E-state index < -0.39 is 17.4 Å². The van der Waals surface area contributed by atoms with Gasteiger partial charge in [0, 0.05) is 6.42 Å². The van der Waals surface area contributed by atoms with Gasteiger partial charge >= 0.3 is 11.9 Å². The molecule has 0 saturated heterocycles. The number of carbonyl (C=O) groups is 2. The molecular formula is C10H14O4. The van der Waals surface area contributed by atoms with Crippen molar-refractivity contribution in [1.82, 2.24) is 0 Å². The molecule has 78 valence electrons. The van der Waals surface area contributed by atoms with Gasteiger partial charge in [-0.05, 0) is 20.8 Å². The highest BCUT2D eigenvalue weighted by Crippen LogP contribution is 2.23. The zero-order valence-corrected chi connectivity index (χ0v) is 8.59. The number of aliphatic carboxylic acids is 1. The Morgan fingerprint density at radius 1 is 1.50 bits per heavy atom. The number of carboxylic acids is 1. The van der Waals surface area contributed by atoms with Gasteiger partial charge in [0.1, 0.15) is 0 Å². The highest BCUT2D eigenvalue weighted by atomic mass is 16.5. The molecule has 4 heteroatoms. The highest BCUT2D eigenvalue weighted by molar-refractivity contribution is 5.99. The molecule has 0 aliphatic rings. The third kappa shape index (κ3) is 2.77. The molecule has 0 spiro atoms. The largest absolute Gasteiger partial charge is 0.480 e. The lowest BCUT2D eigenvalue weighted by molar-refractivity contribution is -0.166. The normalized spacial score (nSPS) is 13.4. The lowest BCUT2D eigenvalue weighted by atomic mass is 9.87. The molecule has 0 radical (unpaired) electrons. The average Bonchev–Trinajstić information content (AvgIpc) is 2.14. The molecule has 0 fully saturated rings. The van der Waals surface area contributed by atoms with Gasteiger partial charge in [0.15, 0.2) is 5.41 Å². The van der Waals surface area contributed by atoms with Crippen LogP contribution >= 0.6 is 0 Å². The number of hydrogen-bond donors (Lipinski definition) is 1. The van der Waals surface area contributed by atoms with Crippen molar-refractivity contribution >= 4 is 11.9 Å². The van der Waals surface area contributed by atoms with Crippen LogP contribution < -0.4 is 0 Å². The summed E-state index contributed by atoms with van der Waals surface area (Å²) >= 11 is 0. The van der Waals surface area contributed by atoms with Crippen LogP contribution in [0.2, 0.25) is 0 Å². The van der Waals surface area contributed by atoms with Crippen LogP contribution in [0.4, 0.5) is 0 Å². The van der Waals surface area contributed by atoms with Gasteiger partial charge in [-0.1, -0.05) is 0 Å². The third-order valence-corrected chi connectivity index (χ3v) is 1.82. The molecule has 0 bridgehead atoms. The maximum absolute atomic E-state index is 11.3. The maximum atomic E-state index is 11.3. The SMILES string of the molecule is CC#CCC(C)(C(=O)O)C(=O)OCC.